The van der Waals surface area contributed by atoms with E-state index in [2.05, 4.69) is 52.4 Å². The van der Waals surface area contributed by atoms with E-state index >= 15 is 0 Å². The van der Waals surface area contributed by atoms with Crippen LogP contribution in [0.15, 0.2) is 93.3 Å². The van der Waals surface area contributed by atoms with Crippen LogP contribution in [0.5, 0.6) is 0 Å². The van der Waals surface area contributed by atoms with Crippen molar-refractivity contribution in [3.05, 3.63) is 148 Å². The largest absolute Gasteiger partial charge is 0.380 e. The summed E-state index contributed by atoms with van der Waals surface area (Å²) in [7, 11) is 5.99. The van der Waals surface area contributed by atoms with E-state index in [4.69, 9.17) is 41.1 Å². The quantitative estimate of drug-likeness (QED) is 0.0440. The smallest absolute Gasteiger partial charge is 0.101 e. The van der Waals surface area contributed by atoms with Gasteiger partial charge in [-0.05, 0) is 68.7 Å². The fraction of sp³-hybridized carbons (Fsp3) is 0.474. The Hall–Kier alpha value is -5.56. The van der Waals surface area contributed by atoms with Gasteiger partial charge in [0.1, 0.15) is 20.0 Å². The number of alkyl halides is 3. The molecule has 3 rings (SSSR count). The predicted molar refractivity (Wildman–Crippen MR) is 221 cm³/mol. The molecule has 0 fully saturated rings. The summed E-state index contributed by atoms with van der Waals surface area (Å²) < 4.78 is 59.1. The van der Waals surface area contributed by atoms with Crippen molar-refractivity contribution in [1.29, 1.82) is 0 Å². The van der Waals surface area contributed by atoms with Crippen LogP contribution in [0.2, 0.25) is 0 Å². The Bertz CT molecular complexity index is 1720. The summed E-state index contributed by atoms with van der Waals surface area (Å²) in [4.78, 5) is 10.6. The summed E-state index contributed by atoms with van der Waals surface area (Å²) in [6.07, 6.45) is 4.86. The molecule has 0 radical (unpaired) electrons. The molecule has 0 aliphatic heterocycles. The summed E-state index contributed by atoms with van der Waals surface area (Å²) in [5, 5.41) is 13.6. The van der Waals surface area contributed by atoms with Crippen LogP contribution in [0.3, 0.4) is 0 Å². The number of hydrogen-bond donors (Lipinski definition) is 0. The average molecular weight is 827 g/mol. The Morgan fingerprint density at radius 3 is 1.19 bits per heavy atom. The number of halogens is 3. The van der Waals surface area contributed by atoms with Crippen LogP contribution in [-0.2, 0) is 37.9 Å². The Labute approximate surface area is 340 Å². The van der Waals surface area contributed by atoms with Crippen LogP contribution in [0.4, 0.5) is 13.2 Å². The minimum atomic E-state index is -0.905. The van der Waals surface area contributed by atoms with E-state index in [0.717, 1.165) is 28.0 Å². The summed E-state index contributed by atoms with van der Waals surface area (Å²) >= 11 is 1.74. The van der Waals surface area contributed by atoms with Gasteiger partial charge in [0, 0.05) is 53.8 Å². The molecule has 16 nitrogen and oxygen atoms in total. The van der Waals surface area contributed by atoms with Gasteiger partial charge in [0.15, 0.2) is 0 Å². The summed E-state index contributed by atoms with van der Waals surface area (Å²) in [6.45, 7) is 0.110. The van der Waals surface area contributed by atoms with Gasteiger partial charge in [0.25, 0.3) is 0 Å². The molecular weight excluding hydrogens is 778 g/mol. The van der Waals surface area contributed by atoms with Crippen molar-refractivity contribution in [3.63, 3.8) is 0 Å². The van der Waals surface area contributed by atoms with Crippen LogP contribution in [-0.4, -0.2) is 72.8 Å². The van der Waals surface area contributed by atoms with Gasteiger partial charge in [-0.1, -0.05) is 93.3 Å². The second-order valence-electron chi connectivity index (χ2n) is 11.5. The zero-order chi connectivity index (χ0) is 43.6. The van der Waals surface area contributed by atoms with Crippen molar-refractivity contribution in [1.82, 2.24) is 0 Å². The third-order valence-corrected chi connectivity index (χ3v) is 8.37. The lowest BCUT2D eigenvalue weighted by molar-refractivity contribution is 0.0721. The number of terminal acetylenes is 1. The van der Waals surface area contributed by atoms with Crippen LogP contribution in [0.1, 0.15) is 58.6 Å². The third-order valence-electron chi connectivity index (χ3n) is 7.75. The molecule has 0 saturated carbocycles. The first-order valence-corrected chi connectivity index (χ1v) is 18.6. The molecule has 0 unspecified atom stereocenters. The number of benzene rings is 3. The van der Waals surface area contributed by atoms with Crippen molar-refractivity contribution in [2.75, 3.05) is 54.7 Å². The van der Waals surface area contributed by atoms with Gasteiger partial charge in [-0.25, -0.2) is 0 Å². The number of ether oxygens (including phenoxy) is 4. The van der Waals surface area contributed by atoms with E-state index in [-0.39, 0.29) is 6.54 Å². The van der Waals surface area contributed by atoms with Crippen LogP contribution in [0.25, 0.3) is 41.8 Å². The van der Waals surface area contributed by atoms with E-state index in [1.165, 1.54) is 26.9 Å². The first-order valence-electron chi connectivity index (χ1n) is 17.2. The Morgan fingerprint density at radius 1 is 0.603 bits per heavy atom. The highest BCUT2D eigenvalue weighted by Crippen LogP contribution is 2.27. The first-order chi connectivity index (χ1) is 28.2. The van der Waals surface area contributed by atoms with E-state index in [0.29, 0.717) is 12.2 Å². The monoisotopic (exact) mass is 826 g/mol. The van der Waals surface area contributed by atoms with E-state index in [9.17, 15) is 13.2 Å². The predicted octanol–water partition coefficient (Wildman–Crippen LogP) is 11.5. The molecule has 0 aromatic heterocycles. The molecule has 58 heavy (non-hydrogen) atoms. The van der Waals surface area contributed by atoms with Gasteiger partial charge in [-0.15, -0.1) is 12.3 Å². The highest BCUT2D eigenvalue weighted by molar-refractivity contribution is 7.97. The van der Waals surface area contributed by atoms with Crippen LogP contribution < -0.4 is 0 Å². The molecule has 0 aliphatic rings. The third kappa shape index (κ3) is 19.5. The summed E-state index contributed by atoms with van der Waals surface area (Å²) in [5.74, 6) is 3.18. The molecule has 0 aliphatic carbocycles. The number of nitrogens with zero attached hydrogens (tertiary/aromatic N) is 12. The number of methoxy groups -OCH3 is 4. The fourth-order valence-corrected chi connectivity index (χ4v) is 5.65. The second kappa shape index (κ2) is 33.6. The fourth-order valence-electron chi connectivity index (χ4n) is 5.13. The van der Waals surface area contributed by atoms with E-state index in [1.807, 2.05) is 54.8 Å². The van der Waals surface area contributed by atoms with Gasteiger partial charge >= 0.3 is 0 Å². The number of hydrogen-bond acceptors (Lipinski definition) is 9. The van der Waals surface area contributed by atoms with Gasteiger partial charge in [-0.2, -0.15) is 11.8 Å². The van der Waals surface area contributed by atoms with Gasteiger partial charge in [0.05, 0.1) is 49.6 Å². The molecular formula is C38H49F3N12O4S. The minimum Gasteiger partial charge on any atom is -0.380 e. The normalized spacial score (nSPS) is 12.9. The van der Waals surface area contributed by atoms with Crippen LogP contribution >= 0.6 is 11.8 Å². The second-order valence-corrected chi connectivity index (χ2v) is 12.4. The van der Waals surface area contributed by atoms with Gasteiger partial charge in [-0.3, -0.25) is 13.2 Å². The van der Waals surface area contributed by atoms with Crippen molar-refractivity contribution >= 4 is 11.8 Å². The Balaban J connectivity index is 0.000000811. The molecule has 0 heterocycles. The van der Waals surface area contributed by atoms with Crippen LogP contribution in [0, 0.1) is 12.3 Å². The maximum Gasteiger partial charge on any atom is 0.101 e. The molecule has 20 heteroatoms. The summed E-state index contributed by atoms with van der Waals surface area (Å²) in [6, 6.07) is 19.5. The lowest BCUT2D eigenvalue weighted by Crippen LogP contribution is -2.20. The lowest BCUT2D eigenvalue weighted by atomic mass is 10.0. The number of thioether (sulfide) groups is 1. The highest BCUT2D eigenvalue weighted by Gasteiger charge is 2.24. The van der Waals surface area contributed by atoms with Crippen molar-refractivity contribution in [3.8, 4) is 12.3 Å². The number of rotatable bonds is 21. The Morgan fingerprint density at radius 2 is 0.931 bits per heavy atom. The maximum absolute atomic E-state index is 12.8. The Kier molecular flexibility index (Phi) is 30.4. The molecule has 6 atom stereocenters. The minimum absolute atomic E-state index is 0.247. The maximum atomic E-state index is 12.8. The highest BCUT2D eigenvalue weighted by atomic mass is 32.2. The average Bonchev–Trinajstić information content (AvgIpc) is 3.25. The van der Waals surface area contributed by atoms with E-state index in [1.54, 1.807) is 50.1 Å². The van der Waals surface area contributed by atoms with Gasteiger partial charge < -0.3 is 18.9 Å². The molecule has 312 valence electrons. The zero-order valence-electron chi connectivity index (χ0n) is 33.3. The topological polar surface area (TPSA) is 232 Å². The number of azide groups is 4. The first kappa shape index (κ1) is 52.4. The standard InChI is InChI=1S/C12H16FN3O2.C12H16FN3OS.C11H13FN6O.C3H4/c1-17-8-9-3-5-10(6-4-9)12(18-2)11(7-13)15-16-14;1-17-12(11(7-13)15-16-14)10-5-3-9(4-6-10)8-18-2;1-19-11(10(6-12)16-18-14)9-4-2-8(3-5-9)7-15-17-13;1-3-2/h2*3-6,11-12H,7-8H2,1-2H3;2-5,10-11H,6-7H2,1H3;1H,2H3/t2*11-,12-;10-,11-;/m111./s1. The molecule has 3 aromatic rings. The molecule has 3 aromatic carbocycles. The molecule has 0 amide bonds. The SMILES string of the molecule is C#CC.COCc1ccc([C@@H](OC)[C@@H](CF)N=[N+]=[N-])cc1.CO[C@H](c1ccc(CN=[N+]=[N-])cc1)[C@@H](CF)N=[N+]=[N-].CO[C@H](c1ccc(CSC)cc1)[C@@H](CF)N=[N+]=[N-]. The van der Waals surface area contributed by atoms with Crippen molar-refractivity contribution < 1.29 is 32.1 Å². The zero-order valence-corrected chi connectivity index (χ0v) is 34.1. The van der Waals surface area contributed by atoms with Gasteiger partial charge in [0.2, 0.25) is 0 Å². The molecule has 0 bridgehead atoms. The molecule has 0 N–H and O–H groups in total. The van der Waals surface area contributed by atoms with Crippen molar-refractivity contribution in [2.24, 2.45) is 20.5 Å². The molecule has 0 spiro atoms. The molecule has 0 saturated heterocycles. The van der Waals surface area contributed by atoms with Crippen molar-refractivity contribution in [2.45, 2.75) is 62.3 Å². The summed E-state index contributed by atoms with van der Waals surface area (Å²) in [5.41, 5.74) is 38.7. The van der Waals surface area contributed by atoms with E-state index < -0.39 is 56.5 Å². The lowest BCUT2D eigenvalue weighted by Gasteiger charge is -2.20.